The Morgan fingerprint density at radius 1 is 1.43 bits per heavy atom. The van der Waals surface area contributed by atoms with Gasteiger partial charge in [0, 0.05) is 11.3 Å². The first-order valence-corrected chi connectivity index (χ1v) is 5.36. The molecule has 0 aliphatic carbocycles. The summed E-state index contributed by atoms with van der Waals surface area (Å²) in [5, 5.41) is 0. The molecule has 0 aromatic carbocycles. The van der Waals surface area contributed by atoms with Crippen molar-refractivity contribution in [3.8, 4) is 0 Å². The topological polar surface area (TPSA) is 31.9 Å². The summed E-state index contributed by atoms with van der Waals surface area (Å²) in [5.41, 5.74) is 2.23. The van der Waals surface area contributed by atoms with E-state index in [1.54, 1.807) is 0 Å². The summed E-state index contributed by atoms with van der Waals surface area (Å²) in [4.78, 5) is 10.0. The molecule has 3 nitrogen and oxygen atoms in total. The molecule has 1 aromatic rings. The summed E-state index contributed by atoms with van der Waals surface area (Å²) in [6, 6.07) is 0. The van der Waals surface area contributed by atoms with Crippen LogP contribution in [0.15, 0.2) is 0 Å². The number of H-pyrrole nitrogens is 1. The van der Waals surface area contributed by atoms with Gasteiger partial charge in [-0.15, -0.1) is 0 Å². The molecule has 2 heterocycles. The first kappa shape index (κ1) is 9.80. The molecule has 0 atom stereocenters. The summed E-state index contributed by atoms with van der Waals surface area (Å²) in [6.45, 7) is 7.34. The van der Waals surface area contributed by atoms with Crippen LogP contribution in [0.25, 0.3) is 0 Å². The van der Waals surface area contributed by atoms with E-state index in [9.17, 15) is 0 Å². The number of nitrogens with zero attached hydrogens (tertiary/aromatic N) is 2. The lowest BCUT2D eigenvalue weighted by atomic mass is 10.2. The quantitative estimate of drug-likeness (QED) is 0.756. The van der Waals surface area contributed by atoms with Gasteiger partial charge in [-0.1, -0.05) is 12.2 Å². The second kappa shape index (κ2) is 3.79. The standard InChI is InChI=1S/C10H15N3S/c1-7-8(2)11-9(12-10(7)14)6-13-4-3-5-13/h3-6H2,1-2H3,(H,11,12,14). The summed E-state index contributed by atoms with van der Waals surface area (Å²) in [5.74, 6) is 0.998. The van der Waals surface area contributed by atoms with E-state index in [0.29, 0.717) is 0 Å². The van der Waals surface area contributed by atoms with E-state index in [0.717, 1.165) is 28.3 Å². The van der Waals surface area contributed by atoms with Gasteiger partial charge in [0.15, 0.2) is 0 Å². The zero-order chi connectivity index (χ0) is 10.1. The Bertz CT molecular complexity index is 393. The average molecular weight is 209 g/mol. The molecule has 4 heteroatoms. The molecule has 76 valence electrons. The number of aryl methyl sites for hydroxylation is 1. The van der Waals surface area contributed by atoms with Crippen LogP contribution in [0.4, 0.5) is 0 Å². The van der Waals surface area contributed by atoms with Crippen molar-refractivity contribution in [1.82, 2.24) is 14.9 Å². The number of hydrogen-bond acceptors (Lipinski definition) is 3. The third-order valence-electron chi connectivity index (χ3n) is 2.77. The molecular weight excluding hydrogens is 194 g/mol. The third kappa shape index (κ3) is 1.86. The van der Waals surface area contributed by atoms with Gasteiger partial charge in [-0.05, 0) is 33.4 Å². The van der Waals surface area contributed by atoms with Gasteiger partial charge in [-0.2, -0.15) is 0 Å². The molecule has 1 saturated heterocycles. The Balaban J connectivity index is 2.21. The van der Waals surface area contributed by atoms with E-state index in [1.165, 1.54) is 19.5 Å². The van der Waals surface area contributed by atoms with E-state index < -0.39 is 0 Å². The van der Waals surface area contributed by atoms with Gasteiger partial charge in [-0.3, -0.25) is 4.90 Å². The predicted molar refractivity (Wildman–Crippen MR) is 58.8 cm³/mol. The van der Waals surface area contributed by atoms with Crippen LogP contribution in [0.3, 0.4) is 0 Å². The Labute approximate surface area is 89.2 Å². The van der Waals surface area contributed by atoms with E-state index in [2.05, 4.69) is 14.9 Å². The SMILES string of the molecule is Cc1[nH]c(CN2CCC2)nc(=S)c1C. The average Bonchev–Trinajstić information content (AvgIpc) is 2.07. The second-order valence-corrected chi connectivity index (χ2v) is 4.26. The first-order valence-electron chi connectivity index (χ1n) is 4.95. The van der Waals surface area contributed by atoms with Crippen LogP contribution >= 0.6 is 12.2 Å². The minimum absolute atomic E-state index is 0.733. The molecular formula is C10H15N3S. The number of likely N-dealkylation sites (tertiary alicyclic amines) is 1. The highest BCUT2D eigenvalue weighted by atomic mass is 32.1. The fourth-order valence-corrected chi connectivity index (χ4v) is 1.79. The van der Waals surface area contributed by atoms with Crippen molar-refractivity contribution in [3.05, 3.63) is 21.7 Å². The molecule has 1 aliphatic rings. The van der Waals surface area contributed by atoms with E-state index in [-0.39, 0.29) is 0 Å². The van der Waals surface area contributed by atoms with Gasteiger partial charge in [-0.25, -0.2) is 4.98 Å². The normalized spacial score (nSPS) is 16.7. The smallest absolute Gasteiger partial charge is 0.132 e. The van der Waals surface area contributed by atoms with Gasteiger partial charge in [0.25, 0.3) is 0 Å². The van der Waals surface area contributed by atoms with Crippen LogP contribution in [0.1, 0.15) is 23.5 Å². The van der Waals surface area contributed by atoms with Gasteiger partial charge in [0.1, 0.15) is 10.5 Å². The minimum atomic E-state index is 0.733. The highest BCUT2D eigenvalue weighted by Gasteiger charge is 2.15. The number of nitrogens with one attached hydrogen (secondary N) is 1. The predicted octanol–water partition coefficient (Wildman–Crippen LogP) is 1.96. The van der Waals surface area contributed by atoms with Gasteiger partial charge in [0.05, 0.1) is 6.54 Å². The van der Waals surface area contributed by atoms with Crippen molar-refractivity contribution in [2.24, 2.45) is 0 Å². The maximum Gasteiger partial charge on any atom is 0.132 e. The molecule has 1 fully saturated rings. The fraction of sp³-hybridized carbons (Fsp3) is 0.600. The Kier molecular flexibility index (Phi) is 2.65. The number of aromatic amines is 1. The van der Waals surface area contributed by atoms with Crippen LogP contribution < -0.4 is 0 Å². The maximum absolute atomic E-state index is 5.19. The molecule has 2 rings (SSSR count). The monoisotopic (exact) mass is 209 g/mol. The molecule has 1 aliphatic heterocycles. The lowest BCUT2D eigenvalue weighted by molar-refractivity contribution is 0.168. The van der Waals surface area contributed by atoms with Crippen LogP contribution in [-0.4, -0.2) is 28.0 Å². The Hall–Kier alpha value is -0.740. The largest absolute Gasteiger partial charge is 0.346 e. The molecule has 0 saturated carbocycles. The molecule has 1 N–H and O–H groups in total. The first-order chi connectivity index (χ1) is 6.66. The molecule has 0 radical (unpaired) electrons. The van der Waals surface area contributed by atoms with Crippen LogP contribution in [0.2, 0.25) is 0 Å². The molecule has 0 unspecified atom stereocenters. The van der Waals surface area contributed by atoms with Crippen LogP contribution in [0, 0.1) is 18.5 Å². The van der Waals surface area contributed by atoms with Gasteiger partial charge >= 0.3 is 0 Å². The minimum Gasteiger partial charge on any atom is -0.346 e. The molecule has 0 amide bonds. The van der Waals surface area contributed by atoms with Crippen LogP contribution in [-0.2, 0) is 6.54 Å². The van der Waals surface area contributed by atoms with E-state index in [4.69, 9.17) is 12.2 Å². The van der Waals surface area contributed by atoms with Crippen molar-refractivity contribution < 1.29 is 0 Å². The number of rotatable bonds is 2. The summed E-state index contributed by atoms with van der Waals surface area (Å²) < 4.78 is 0.733. The summed E-state index contributed by atoms with van der Waals surface area (Å²) in [7, 11) is 0. The number of hydrogen-bond donors (Lipinski definition) is 1. The van der Waals surface area contributed by atoms with Gasteiger partial charge in [0.2, 0.25) is 0 Å². The van der Waals surface area contributed by atoms with Crippen molar-refractivity contribution in [3.63, 3.8) is 0 Å². The summed E-state index contributed by atoms with van der Waals surface area (Å²) in [6.07, 6.45) is 1.31. The molecule has 0 bridgehead atoms. The Morgan fingerprint density at radius 2 is 2.14 bits per heavy atom. The second-order valence-electron chi connectivity index (χ2n) is 3.87. The van der Waals surface area contributed by atoms with E-state index >= 15 is 0 Å². The third-order valence-corrected chi connectivity index (χ3v) is 3.17. The summed E-state index contributed by atoms with van der Waals surface area (Å²) >= 11 is 5.19. The van der Waals surface area contributed by atoms with Crippen molar-refractivity contribution >= 4 is 12.2 Å². The van der Waals surface area contributed by atoms with Crippen LogP contribution in [0.5, 0.6) is 0 Å². The molecule has 14 heavy (non-hydrogen) atoms. The highest BCUT2D eigenvalue weighted by Crippen LogP contribution is 2.11. The van der Waals surface area contributed by atoms with Gasteiger partial charge < -0.3 is 4.98 Å². The highest BCUT2D eigenvalue weighted by molar-refractivity contribution is 7.71. The fourth-order valence-electron chi connectivity index (χ4n) is 1.53. The van der Waals surface area contributed by atoms with Crippen molar-refractivity contribution in [2.75, 3.05) is 13.1 Å². The zero-order valence-electron chi connectivity index (χ0n) is 8.63. The lowest BCUT2D eigenvalue weighted by Gasteiger charge is -2.30. The zero-order valence-corrected chi connectivity index (χ0v) is 9.45. The van der Waals surface area contributed by atoms with Crippen molar-refractivity contribution in [1.29, 1.82) is 0 Å². The van der Waals surface area contributed by atoms with E-state index in [1.807, 2.05) is 13.8 Å². The lowest BCUT2D eigenvalue weighted by Crippen LogP contribution is -2.36. The maximum atomic E-state index is 5.19. The number of aromatic nitrogens is 2. The van der Waals surface area contributed by atoms with Crippen molar-refractivity contribution in [2.45, 2.75) is 26.8 Å². The molecule has 0 spiro atoms. The Morgan fingerprint density at radius 3 is 2.64 bits per heavy atom. The molecule has 1 aromatic heterocycles.